The summed E-state index contributed by atoms with van der Waals surface area (Å²) >= 11 is 1.36. The molecule has 0 unspecified atom stereocenters. The second kappa shape index (κ2) is 8.66. The first-order valence-corrected chi connectivity index (χ1v) is 10.00. The summed E-state index contributed by atoms with van der Waals surface area (Å²) in [6.07, 6.45) is 1.57. The molecular formula is C21H17N5O3S. The number of carbonyl (C=O) groups excluding carboxylic acids is 2. The lowest BCUT2D eigenvalue weighted by Gasteiger charge is -2.05. The zero-order valence-electron chi connectivity index (χ0n) is 16.0. The van der Waals surface area contributed by atoms with E-state index in [2.05, 4.69) is 25.6 Å². The fourth-order valence-electron chi connectivity index (χ4n) is 2.72. The molecule has 30 heavy (non-hydrogen) atoms. The van der Waals surface area contributed by atoms with Crippen LogP contribution in [-0.4, -0.2) is 26.8 Å². The van der Waals surface area contributed by atoms with Crippen LogP contribution in [0.25, 0.3) is 11.5 Å². The van der Waals surface area contributed by atoms with Gasteiger partial charge in [0, 0.05) is 22.8 Å². The molecule has 2 amide bonds. The van der Waals surface area contributed by atoms with Crippen molar-refractivity contribution in [2.75, 3.05) is 5.32 Å². The Morgan fingerprint density at radius 1 is 1.07 bits per heavy atom. The molecule has 0 saturated heterocycles. The molecule has 0 saturated carbocycles. The van der Waals surface area contributed by atoms with Crippen molar-refractivity contribution in [3.05, 3.63) is 82.4 Å². The van der Waals surface area contributed by atoms with E-state index in [9.17, 15) is 9.59 Å². The lowest BCUT2D eigenvalue weighted by atomic mass is 10.2. The zero-order chi connectivity index (χ0) is 20.9. The number of aryl methyl sites for hydroxylation is 1. The van der Waals surface area contributed by atoms with Gasteiger partial charge >= 0.3 is 0 Å². The Hall–Kier alpha value is -3.85. The standard InChI is InChI=1S/C21H17N5O3S/c1-13-17(10-23-19(27)18-11-30-12-24-18)26-21(29-13)14-5-4-6-15(9-14)25-20(28)16-7-2-3-8-22-16/h2-9,11-12H,10H2,1H3,(H,23,27)(H,25,28). The number of benzene rings is 1. The number of pyridine rings is 1. The maximum absolute atomic E-state index is 12.3. The monoisotopic (exact) mass is 419 g/mol. The van der Waals surface area contributed by atoms with Crippen molar-refractivity contribution in [1.29, 1.82) is 0 Å². The van der Waals surface area contributed by atoms with Crippen LogP contribution in [0.1, 0.15) is 32.4 Å². The molecule has 3 aromatic heterocycles. The molecular weight excluding hydrogens is 402 g/mol. The number of aromatic nitrogens is 3. The van der Waals surface area contributed by atoms with E-state index in [1.807, 2.05) is 6.07 Å². The minimum Gasteiger partial charge on any atom is -0.441 e. The number of rotatable bonds is 6. The van der Waals surface area contributed by atoms with E-state index in [1.54, 1.807) is 60.4 Å². The Morgan fingerprint density at radius 3 is 2.73 bits per heavy atom. The van der Waals surface area contributed by atoms with Crippen LogP contribution >= 0.6 is 11.3 Å². The quantitative estimate of drug-likeness (QED) is 0.493. The van der Waals surface area contributed by atoms with Crippen molar-refractivity contribution in [3.8, 4) is 11.5 Å². The van der Waals surface area contributed by atoms with Gasteiger partial charge in [-0.2, -0.15) is 0 Å². The predicted molar refractivity (Wildman–Crippen MR) is 112 cm³/mol. The molecule has 0 atom stereocenters. The van der Waals surface area contributed by atoms with Gasteiger partial charge in [0.2, 0.25) is 5.89 Å². The van der Waals surface area contributed by atoms with E-state index in [1.165, 1.54) is 11.3 Å². The summed E-state index contributed by atoms with van der Waals surface area (Å²) < 4.78 is 5.77. The van der Waals surface area contributed by atoms with Crippen molar-refractivity contribution < 1.29 is 14.0 Å². The average Bonchev–Trinajstić information content (AvgIpc) is 3.43. The maximum atomic E-state index is 12.3. The molecule has 4 aromatic rings. The molecule has 8 nitrogen and oxygen atoms in total. The minimum absolute atomic E-state index is 0.224. The summed E-state index contributed by atoms with van der Waals surface area (Å²) in [5.41, 5.74) is 4.22. The molecule has 0 aliphatic rings. The number of thiazole rings is 1. The van der Waals surface area contributed by atoms with Gasteiger partial charge in [0.15, 0.2) is 0 Å². The van der Waals surface area contributed by atoms with Gasteiger partial charge in [-0.25, -0.2) is 9.97 Å². The number of anilines is 1. The second-order valence-corrected chi connectivity index (χ2v) is 7.05. The Labute approximate surface area is 176 Å². The molecule has 9 heteroatoms. The van der Waals surface area contributed by atoms with Gasteiger partial charge in [0.25, 0.3) is 11.8 Å². The molecule has 4 rings (SSSR count). The van der Waals surface area contributed by atoms with Crippen LogP contribution in [-0.2, 0) is 6.54 Å². The van der Waals surface area contributed by atoms with E-state index in [0.717, 1.165) is 0 Å². The molecule has 0 aliphatic heterocycles. The lowest BCUT2D eigenvalue weighted by molar-refractivity contribution is 0.0945. The highest BCUT2D eigenvalue weighted by molar-refractivity contribution is 7.07. The van der Waals surface area contributed by atoms with Crippen molar-refractivity contribution in [2.24, 2.45) is 0 Å². The van der Waals surface area contributed by atoms with E-state index in [4.69, 9.17) is 4.42 Å². The summed E-state index contributed by atoms with van der Waals surface area (Å²) in [6.45, 7) is 2.01. The maximum Gasteiger partial charge on any atom is 0.274 e. The largest absolute Gasteiger partial charge is 0.441 e. The summed E-state index contributed by atoms with van der Waals surface area (Å²) in [4.78, 5) is 36.9. The van der Waals surface area contributed by atoms with Gasteiger partial charge in [-0.1, -0.05) is 12.1 Å². The van der Waals surface area contributed by atoms with E-state index >= 15 is 0 Å². The third kappa shape index (κ3) is 4.41. The number of hydrogen-bond acceptors (Lipinski definition) is 7. The molecule has 0 bridgehead atoms. The highest BCUT2D eigenvalue weighted by Crippen LogP contribution is 2.24. The SMILES string of the molecule is Cc1oc(-c2cccc(NC(=O)c3ccccn3)c2)nc1CNC(=O)c1cscn1. The van der Waals surface area contributed by atoms with Crippen LogP contribution in [0.4, 0.5) is 5.69 Å². The van der Waals surface area contributed by atoms with Crippen LogP contribution in [0.15, 0.2) is 64.0 Å². The summed E-state index contributed by atoms with van der Waals surface area (Å²) in [5, 5.41) is 7.27. The molecule has 2 N–H and O–H groups in total. The average molecular weight is 419 g/mol. The third-order valence-corrected chi connectivity index (χ3v) is 4.83. The Bertz CT molecular complexity index is 1170. The number of nitrogens with zero attached hydrogens (tertiary/aromatic N) is 3. The Morgan fingerprint density at radius 2 is 1.97 bits per heavy atom. The van der Waals surface area contributed by atoms with Crippen molar-refractivity contribution in [2.45, 2.75) is 13.5 Å². The van der Waals surface area contributed by atoms with Crippen LogP contribution < -0.4 is 10.6 Å². The summed E-state index contributed by atoms with van der Waals surface area (Å²) in [7, 11) is 0. The lowest BCUT2D eigenvalue weighted by Crippen LogP contribution is -2.23. The number of hydrogen-bond donors (Lipinski definition) is 2. The second-order valence-electron chi connectivity index (χ2n) is 6.33. The highest BCUT2D eigenvalue weighted by atomic mass is 32.1. The fourth-order valence-corrected chi connectivity index (χ4v) is 3.25. The van der Waals surface area contributed by atoms with E-state index in [0.29, 0.717) is 40.0 Å². The van der Waals surface area contributed by atoms with Gasteiger partial charge in [0.1, 0.15) is 22.8 Å². The van der Waals surface area contributed by atoms with Crippen LogP contribution in [0.2, 0.25) is 0 Å². The van der Waals surface area contributed by atoms with E-state index < -0.39 is 0 Å². The molecule has 150 valence electrons. The van der Waals surface area contributed by atoms with Gasteiger partial charge in [-0.3, -0.25) is 14.6 Å². The summed E-state index contributed by atoms with van der Waals surface area (Å²) in [6, 6.07) is 12.3. The third-order valence-electron chi connectivity index (χ3n) is 4.24. The topological polar surface area (TPSA) is 110 Å². The molecule has 1 aromatic carbocycles. The van der Waals surface area contributed by atoms with Crippen molar-refractivity contribution in [1.82, 2.24) is 20.3 Å². The highest BCUT2D eigenvalue weighted by Gasteiger charge is 2.15. The van der Waals surface area contributed by atoms with Crippen molar-refractivity contribution >= 4 is 28.8 Å². The van der Waals surface area contributed by atoms with Gasteiger partial charge < -0.3 is 15.1 Å². The Balaban J connectivity index is 1.46. The van der Waals surface area contributed by atoms with Gasteiger partial charge in [-0.05, 0) is 37.3 Å². The van der Waals surface area contributed by atoms with E-state index in [-0.39, 0.29) is 18.4 Å². The summed E-state index contributed by atoms with van der Waals surface area (Å²) in [5.74, 6) is 0.437. The zero-order valence-corrected chi connectivity index (χ0v) is 16.8. The number of nitrogens with one attached hydrogen (secondary N) is 2. The first-order chi connectivity index (χ1) is 14.6. The molecule has 0 radical (unpaired) electrons. The van der Waals surface area contributed by atoms with Gasteiger partial charge in [-0.15, -0.1) is 11.3 Å². The molecule has 0 spiro atoms. The minimum atomic E-state index is -0.304. The van der Waals surface area contributed by atoms with Crippen LogP contribution in [0.5, 0.6) is 0 Å². The van der Waals surface area contributed by atoms with Gasteiger partial charge in [0.05, 0.1) is 12.1 Å². The van der Waals surface area contributed by atoms with Crippen molar-refractivity contribution in [3.63, 3.8) is 0 Å². The number of carbonyl (C=O) groups is 2. The fraction of sp³-hybridized carbons (Fsp3) is 0.0952. The Kier molecular flexibility index (Phi) is 5.62. The van der Waals surface area contributed by atoms with Crippen LogP contribution in [0.3, 0.4) is 0 Å². The molecule has 3 heterocycles. The molecule has 0 fully saturated rings. The first kappa shape index (κ1) is 19.5. The normalized spacial score (nSPS) is 10.6. The number of amides is 2. The number of oxazole rings is 1. The first-order valence-electron chi connectivity index (χ1n) is 9.05. The predicted octanol–water partition coefficient (Wildman–Crippen LogP) is 3.68. The smallest absolute Gasteiger partial charge is 0.274 e. The van der Waals surface area contributed by atoms with Crippen LogP contribution in [0, 0.1) is 6.92 Å². The molecule has 0 aliphatic carbocycles.